The van der Waals surface area contributed by atoms with Gasteiger partial charge < -0.3 is 10.4 Å². The highest BCUT2D eigenvalue weighted by Gasteiger charge is 2.37. The van der Waals surface area contributed by atoms with Crippen molar-refractivity contribution in [3.63, 3.8) is 0 Å². The molecule has 84 valence electrons. The first-order chi connectivity index (χ1) is 7.18. The van der Waals surface area contributed by atoms with E-state index in [-0.39, 0.29) is 11.8 Å². The van der Waals surface area contributed by atoms with Crippen molar-refractivity contribution < 1.29 is 14.7 Å². The van der Waals surface area contributed by atoms with Crippen LogP contribution in [0.4, 0.5) is 0 Å². The van der Waals surface area contributed by atoms with Crippen LogP contribution in [0.5, 0.6) is 0 Å². The molecule has 4 heteroatoms. The predicted molar refractivity (Wildman–Crippen MR) is 54.2 cm³/mol. The molecule has 0 heterocycles. The molecule has 1 amide bonds. The Morgan fingerprint density at radius 3 is 2.13 bits per heavy atom. The Kier molecular flexibility index (Phi) is 2.93. The average molecular weight is 211 g/mol. The lowest BCUT2D eigenvalue weighted by Crippen LogP contribution is -2.40. The zero-order valence-corrected chi connectivity index (χ0v) is 8.74. The van der Waals surface area contributed by atoms with E-state index >= 15 is 0 Å². The second kappa shape index (κ2) is 4.21. The van der Waals surface area contributed by atoms with Gasteiger partial charge in [0, 0.05) is 6.04 Å². The number of carbonyl (C=O) groups is 2. The number of carboxylic acids is 1. The summed E-state index contributed by atoms with van der Waals surface area (Å²) in [4.78, 5) is 22.8. The molecular formula is C11H17NO3. The highest BCUT2D eigenvalue weighted by atomic mass is 16.4. The number of hydrogen-bond acceptors (Lipinski definition) is 2. The third-order valence-corrected chi connectivity index (χ3v) is 3.34. The molecule has 0 saturated heterocycles. The first-order valence-corrected chi connectivity index (χ1v) is 5.71. The summed E-state index contributed by atoms with van der Waals surface area (Å²) < 4.78 is 0. The molecule has 0 aromatic rings. The largest absolute Gasteiger partial charge is 0.481 e. The van der Waals surface area contributed by atoms with Crippen LogP contribution < -0.4 is 5.32 Å². The molecule has 2 fully saturated rings. The monoisotopic (exact) mass is 211 g/mol. The van der Waals surface area contributed by atoms with Gasteiger partial charge in [-0.3, -0.25) is 9.59 Å². The van der Waals surface area contributed by atoms with Gasteiger partial charge in [-0.25, -0.2) is 0 Å². The van der Waals surface area contributed by atoms with Crippen molar-refractivity contribution in [1.29, 1.82) is 0 Å². The highest BCUT2D eigenvalue weighted by Crippen LogP contribution is 2.31. The Labute approximate surface area is 89.0 Å². The molecule has 4 nitrogen and oxygen atoms in total. The van der Waals surface area contributed by atoms with E-state index in [9.17, 15) is 9.59 Å². The van der Waals surface area contributed by atoms with Crippen LogP contribution in [-0.2, 0) is 9.59 Å². The maximum Gasteiger partial charge on any atom is 0.307 e. The number of carboxylic acid groups (broad SMARTS) is 1. The van der Waals surface area contributed by atoms with Gasteiger partial charge in [0.2, 0.25) is 5.91 Å². The maximum absolute atomic E-state index is 11.8. The van der Waals surface area contributed by atoms with Crippen LogP contribution in [0.25, 0.3) is 0 Å². The molecule has 0 bridgehead atoms. The quantitative estimate of drug-likeness (QED) is 0.736. The molecule has 0 aromatic carbocycles. The molecule has 0 unspecified atom stereocenters. The zero-order chi connectivity index (χ0) is 10.8. The Morgan fingerprint density at radius 1 is 1.00 bits per heavy atom. The highest BCUT2D eigenvalue weighted by molar-refractivity contribution is 5.85. The molecule has 2 atom stereocenters. The van der Waals surface area contributed by atoms with Gasteiger partial charge in [-0.1, -0.05) is 12.8 Å². The predicted octanol–water partition coefficient (Wildman–Crippen LogP) is 1.16. The van der Waals surface area contributed by atoms with E-state index in [4.69, 9.17) is 5.11 Å². The van der Waals surface area contributed by atoms with E-state index in [2.05, 4.69) is 5.32 Å². The third kappa shape index (κ3) is 2.49. The Hall–Kier alpha value is -1.06. The first-order valence-electron chi connectivity index (χ1n) is 5.71. The fourth-order valence-electron chi connectivity index (χ4n) is 2.28. The molecular weight excluding hydrogens is 194 g/mol. The summed E-state index contributed by atoms with van der Waals surface area (Å²) in [6.07, 6.45) is 5.40. The van der Waals surface area contributed by atoms with Crippen molar-refractivity contribution in [2.75, 3.05) is 0 Å². The minimum absolute atomic E-state index is 0.0374. The molecule has 15 heavy (non-hydrogen) atoms. The van der Waals surface area contributed by atoms with Gasteiger partial charge in [-0.2, -0.15) is 0 Å². The van der Waals surface area contributed by atoms with E-state index in [0.29, 0.717) is 12.5 Å². The second-order valence-corrected chi connectivity index (χ2v) is 4.62. The van der Waals surface area contributed by atoms with Crippen molar-refractivity contribution in [2.45, 2.75) is 44.6 Å². The molecule has 2 rings (SSSR count). The van der Waals surface area contributed by atoms with E-state index in [0.717, 1.165) is 32.1 Å². The standard InChI is InChI=1S/C11H17NO3/c13-10(12-7-5-6-7)8-3-1-2-4-9(8)11(14)15/h7-9H,1-6H2,(H,12,13)(H,14,15)/t8-,9+/m0/s1. The summed E-state index contributed by atoms with van der Waals surface area (Å²) in [6.45, 7) is 0. The van der Waals surface area contributed by atoms with Gasteiger partial charge in [0.25, 0.3) is 0 Å². The molecule has 0 aliphatic heterocycles. The van der Waals surface area contributed by atoms with E-state index < -0.39 is 11.9 Å². The van der Waals surface area contributed by atoms with Gasteiger partial charge in [-0.15, -0.1) is 0 Å². The fraction of sp³-hybridized carbons (Fsp3) is 0.818. The number of nitrogens with one attached hydrogen (secondary N) is 1. The van der Waals surface area contributed by atoms with Crippen molar-refractivity contribution in [3.8, 4) is 0 Å². The summed E-state index contributed by atoms with van der Waals surface area (Å²) in [6, 6.07) is 0.328. The van der Waals surface area contributed by atoms with Crippen LogP contribution in [0, 0.1) is 11.8 Å². The Bertz CT molecular complexity index is 273. The van der Waals surface area contributed by atoms with E-state index in [1.54, 1.807) is 0 Å². The molecule has 0 aromatic heterocycles. The van der Waals surface area contributed by atoms with Crippen LogP contribution in [0.2, 0.25) is 0 Å². The molecule has 2 aliphatic rings. The third-order valence-electron chi connectivity index (χ3n) is 3.34. The van der Waals surface area contributed by atoms with Crippen LogP contribution in [0.3, 0.4) is 0 Å². The van der Waals surface area contributed by atoms with Gasteiger partial charge in [-0.05, 0) is 25.7 Å². The van der Waals surface area contributed by atoms with Gasteiger partial charge in [0.15, 0.2) is 0 Å². The van der Waals surface area contributed by atoms with Gasteiger partial charge in [0.05, 0.1) is 11.8 Å². The van der Waals surface area contributed by atoms with Gasteiger partial charge >= 0.3 is 5.97 Å². The number of amides is 1. The van der Waals surface area contributed by atoms with Crippen LogP contribution in [0.15, 0.2) is 0 Å². The minimum atomic E-state index is -0.814. The van der Waals surface area contributed by atoms with Crippen LogP contribution in [-0.4, -0.2) is 23.0 Å². The van der Waals surface area contributed by atoms with Gasteiger partial charge in [0.1, 0.15) is 0 Å². The lowest BCUT2D eigenvalue weighted by atomic mass is 9.78. The Morgan fingerprint density at radius 2 is 1.60 bits per heavy atom. The lowest BCUT2D eigenvalue weighted by molar-refractivity contribution is -0.148. The van der Waals surface area contributed by atoms with Crippen molar-refractivity contribution in [3.05, 3.63) is 0 Å². The molecule has 2 saturated carbocycles. The summed E-state index contributed by atoms with van der Waals surface area (Å²) in [5.41, 5.74) is 0. The molecule has 0 spiro atoms. The Balaban J connectivity index is 1.96. The van der Waals surface area contributed by atoms with Crippen molar-refractivity contribution in [1.82, 2.24) is 5.32 Å². The normalized spacial score (nSPS) is 30.9. The lowest BCUT2D eigenvalue weighted by Gasteiger charge is -2.27. The van der Waals surface area contributed by atoms with Crippen molar-refractivity contribution >= 4 is 11.9 Å². The SMILES string of the molecule is O=C(NC1CC1)[C@H]1CCCC[C@H]1C(=O)O. The second-order valence-electron chi connectivity index (χ2n) is 4.62. The smallest absolute Gasteiger partial charge is 0.307 e. The number of rotatable bonds is 3. The molecule has 0 radical (unpaired) electrons. The van der Waals surface area contributed by atoms with Crippen LogP contribution in [0.1, 0.15) is 38.5 Å². The summed E-state index contributed by atoms with van der Waals surface area (Å²) in [7, 11) is 0. The average Bonchev–Trinajstić information content (AvgIpc) is 3.01. The maximum atomic E-state index is 11.8. The summed E-state index contributed by atoms with van der Waals surface area (Å²) >= 11 is 0. The number of hydrogen-bond donors (Lipinski definition) is 2. The number of carbonyl (C=O) groups excluding carboxylic acids is 1. The minimum Gasteiger partial charge on any atom is -0.481 e. The number of aliphatic carboxylic acids is 1. The van der Waals surface area contributed by atoms with E-state index in [1.165, 1.54) is 0 Å². The summed E-state index contributed by atoms with van der Waals surface area (Å²) in [5, 5.41) is 11.9. The van der Waals surface area contributed by atoms with Crippen LogP contribution >= 0.6 is 0 Å². The topological polar surface area (TPSA) is 66.4 Å². The first kappa shape index (κ1) is 10.5. The van der Waals surface area contributed by atoms with Crippen molar-refractivity contribution in [2.24, 2.45) is 11.8 Å². The fourth-order valence-corrected chi connectivity index (χ4v) is 2.28. The van der Waals surface area contributed by atoms with E-state index in [1.807, 2.05) is 0 Å². The zero-order valence-electron chi connectivity index (χ0n) is 8.74. The molecule has 2 N–H and O–H groups in total. The molecule has 2 aliphatic carbocycles. The summed E-state index contributed by atoms with van der Waals surface area (Å²) in [5.74, 6) is -1.61.